The SMILES string of the molecule is Cc1cccc(OCC(=O)O[C@H](C)CN2CCCCC2)c1. The summed E-state index contributed by atoms with van der Waals surface area (Å²) in [5, 5.41) is 0. The van der Waals surface area contributed by atoms with E-state index in [9.17, 15) is 4.79 Å². The number of piperidine rings is 1. The number of ether oxygens (including phenoxy) is 2. The molecule has 0 aromatic heterocycles. The Hall–Kier alpha value is -1.55. The quantitative estimate of drug-likeness (QED) is 0.756. The smallest absolute Gasteiger partial charge is 0.344 e. The summed E-state index contributed by atoms with van der Waals surface area (Å²) in [7, 11) is 0. The average molecular weight is 291 g/mol. The number of carbonyl (C=O) groups is 1. The van der Waals surface area contributed by atoms with Crippen LogP contribution in [0.25, 0.3) is 0 Å². The van der Waals surface area contributed by atoms with Gasteiger partial charge in [-0.25, -0.2) is 4.79 Å². The van der Waals surface area contributed by atoms with E-state index in [1.54, 1.807) is 0 Å². The van der Waals surface area contributed by atoms with Crippen LogP contribution in [-0.2, 0) is 9.53 Å². The fourth-order valence-corrected chi connectivity index (χ4v) is 2.65. The van der Waals surface area contributed by atoms with Crippen molar-refractivity contribution in [3.8, 4) is 5.75 Å². The molecule has 1 aromatic rings. The summed E-state index contributed by atoms with van der Waals surface area (Å²) in [5.41, 5.74) is 1.11. The first-order valence-corrected chi connectivity index (χ1v) is 7.75. The lowest BCUT2D eigenvalue weighted by Crippen LogP contribution is -2.37. The molecule has 1 aliphatic rings. The van der Waals surface area contributed by atoms with E-state index in [4.69, 9.17) is 9.47 Å². The number of hydrogen-bond donors (Lipinski definition) is 0. The molecule has 1 fully saturated rings. The van der Waals surface area contributed by atoms with Gasteiger partial charge in [0.15, 0.2) is 6.61 Å². The third kappa shape index (κ3) is 5.76. The van der Waals surface area contributed by atoms with E-state index in [0.29, 0.717) is 5.75 Å². The summed E-state index contributed by atoms with van der Waals surface area (Å²) < 4.78 is 10.9. The van der Waals surface area contributed by atoms with Gasteiger partial charge < -0.3 is 9.47 Å². The second-order valence-electron chi connectivity index (χ2n) is 5.77. The predicted molar refractivity (Wildman–Crippen MR) is 82.5 cm³/mol. The molecule has 1 heterocycles. The van der Waals surface area contributed by atoms with Gasteiger partial charge in [0.25, 0.3) is 0 Å². The van der Waals surface area contributed by atoms with Crippen molar-refractivity contribution in [2.75, 3.05) is 26.2 Å². The minimum atomic E-state index is -0.305. The Balaban J connectivity index is 1.68. The fourth-order valence-electron chi connectivity index (χ4n) is 2.65. The number of benzene rings is 1. The summed E-state index contributed by atoms with van der Waals surface area (Å²) in [4.78, 5) is 14.2. The number of likely N-dealkylation sites (tertiary alicyclic amines) is 1. The Kier molecular flexibility index (Phi) is 6.05. The Bertz CT molecular complexity index is 455. The lowest BCUT2D eigenvalue weighted by atomic mass is 10.1. The van der Waals surface area contributed by atoms with Crippen molar-refractivity contribution in [1.82, 2.24) is 4.90 Å². The molecule has 1 aromatic carbocycles. The van der Waals surface area contributed by atoms with Gasteiger partial charge in [-0.15, -0.1) is 0 Å². The maximum atomic E-state index is 11.8. The van der Waals surface area contributed by atoms with Crippen LogP contribution in [0.15, 0.2) is 24.3 Å². The largest absolute Gasteiger partial charge is 0.482 e. The molecule has 1 aliphatic heterocycles. The molecule has 4 nitrogen and oxygen atoms in total. The number of esters is 1. The topological polar surface area (TPSA) is 38.8 Å². The molecule has 0 unspecified atom stereocenters. The lowest BCUT2D eigenvalue weighted by Gasteiger charge is -2.28. The van der Waals surface area contributed by atoms with Gasteiger partial charge in [-0.1, -0.05) is 18.6 Å². The van der Waals surface area contributed by atoms with Crippen LogP contribution < -0.4 is 4.74 Å². The summed E-state index contributed by atoms with van der Waals surface area (Å²) in [6.45, 7) is 6.94. The minimum Gasteiger partial charge on any atom is -0.482 e. The highest BCUT2D eigenvalue weighted by atomic mass is 16.6. The van der Waals surface area contributed by atoms with Gasteiger partial charge in [-0.3, -0.25) is 4.90 Å². The molecular formula is C17H25NO3. The van der Waals surface area contributed by atoms with E-state index in [-0.39, 0.29) is 18.7 Å². The van der Waals surface area contributed by atoms with Crippen LogP contribution in [0.3, 0.4) is 0 Å². The molecular weight excluding hydrogens is 266 g/mol. The summed E-state index contributed by atoms with van der Waals surface area (Å²) in [6.07, 6.45) is 3.72. The van der Waals surface area contributed by atoms with E-state index < -0.39 is 0 Å². The van der Waals surface area contributed by atoms with Gasteiger partial charge in [0.1, 0.15) is 11.9 Å². The van der Waals surface area contributed by atoms with Crippen LogP contribution in [0, 0.1) is 6.92 Å². The molecule has 2 rings (SSSR count). The molecule has 21 heavy (non-hydrogen) atoms. The highest BCUT2D eigenvalue weighted by Crippen LogP contribution is 2.13. The molecule has 0 amide bonds. The number of nitrogens with zero attached hydrogens (tertiary/aromatic N) is 1. The van der Waals surface area contributed by atoms with Crippen LogP contribution in [0.2, 0.25) is 0 Å². The maximum Gasteiger partial charge on any atom is 0.344 e. The number of carbonyl (C=O) groups excluding carboxylic acids is 1. The van der Waals surface area contributed by atoms with Crippen molar-refractivity contribution in [2.24, 2.45) is 0 Å². The minimum absolute atomic E-state index is 0.0339. The van der Waals surface area contributed by atoms with E-state index in [1.165, 1.54) is 19.3 Å². The molecule has 0 bridgehead atoms. The molecule has 0 saturated carbocycles. The van der Waals surface area contributed by atoms with Crippen molar-refractivity contribution in [2.45, 2.75) is 39.2 Å². The van der Waals surface area contributed by atoms with Crippen LogP contribution in [-0.4, -0.2) is 43.2 Å². The zero-order chi connectivity index (χ0) is 15.1. The van der Waals surface area contributed by atoms with E-state index in [0.717, 1.165) is 25.2 Å². The standard InChI is InChI=1S/C17H25NO3/c1-14-7-6-8-16(11-14)20-13-17(19)21-15(2)12-18-9-4-3-5-10-18/h6-8,11,15H,3-5,9-10,12-13H2,1-2H3/t15-/m1/s1. The molecule has 0 N–H and O–H groups in total. The van der Waals surface area contributed by atoms with E-state index in [2.05, 4.69) is 4.90 Å². The van der Waals surface area contributed by atoms with Crippen molar-refractivity contribution < 1.29 is 14.3 Å². The third-order valence-corrected chi connectivity index (χ3v) is 3.64. The van der Waals surface area contributed by atoms with Crippen LogP contribution in [0.4, 0.5) is 0 Å². The Morgan fingerprint density at radius 2 is 2.05 bits per heavy atom. The van der Waals surface area contributed by atoms with Gasteiger partial charge in [-0.2, -0.15) is 0 Å². The number of hydrogen-bond acceptors (Lipinski definition) is 4. The monoisotopic (exact) mass is 291 g/mol. The van der Waals surface area contributed by atoms with Gasteiger partial charge in [0.2, 0.25) is 0 Å². The Morgan fingerprint density at radius 1 is 1.29 bits per heavy atom. The van der Waals surface area contributed by atoms with Gasteiger partial charge >= 0.3 is 5.97 Å². The zero-order valence-corrected chi connectivity index (χ0v) is 13.0. The lowest BCUT2D eigenvalue weighted by molar-refractivity contribution is -0.151. The number of aryl methyl sites for hydroxylation is 1. The predicted octanol–water partition coefficient (Wildman–Crippen LogP) is 2.79. The summed E-state index contributed by atoms with van der Waals surface area (Å²) in [5.74, 6) is 0.400. The first-order chi connectivity index (χ1) is 10.1. The summed E-state index contributed by atoms with van der Waals surface area (Å²) >= 11 is 0. The first kappa shape index (κ1) is 15.8. The van der Waals surface area contributed by atoms with Crippen molar-refractivity contribution in [3.63, 3.8) is 0 Å². The van der Waals surface area contributed by atoms with E-state index >= 15 is 0 Å². The van der Waals surface area contributed by atoms with Crippen LogP contribution in [0.5, 0.6) is 5.75 Å². The first-order valence-electron chi connectivity index (χ1n) is 7.75. The summed E-state index contributed by atoms with van der Waals surface area (Å²) in [6, 6.07) is 7.66. The average Bonchev–Trinajstić information content (AvgIpc) is 2.46. The molecule has 1 atom stereocenters. The maximum absolute atomic E-state index is 11.8. The fraction of sp³-hybridized carbons (Fsp3) is 0.588. The highest BCUT2D eigenvalue weighted by Gasteiger charge is 2.16. The van der Waals surface area contributed by atoms with Crippen molar-refractivity contribution in [3.05, 3.63) is 29.8 Å². The Labute approximate surface area is 127 Å². The Morgan fingerprint density at radius 3 is 2.76 bits per heavy atom. The second kappa shape index (κ2) is 8.03. The second-order valence-corrected chi connectivity index (χ2v) is 5.77. The molecule has 0 spiro atoms. The molecule has 116 valence electrons. The van der Waals surface area contributed by atoms with Gasteiger partial charge in [0.05, 0.1) is 0 Å². The van der Waals surface area contributed by atoms with Gasteiger partial charge in [-0.05, 0) is 57.5 Å². The van der Waals surface area contributed by atoms with Crippen molar-refractivity contribution in [1.29, 1.82) is 0 Å². The van der Waals surface area contributed by atoms with Crippen LogP contribution in [0.1, 0.15) is 31.7 Å². The molecule has 0 aliphatic carbocycles. The highest BCUT2D eigenvalue weighted by molar-refractivity contribution is 5.71. The van der Waals surface area contributed by atoms with Crippen molar-refractivity contribution >= 4 is 5.97 Å². The third-order valence-electron chi connectivity index (χ3n) is 3.64. The number of rotatable bonds is 6. The molecule has 0 radical (unpaired) electrons. The zero-order valence-electron chi connectivity index (χ0n) is 13.0. The molecule has 1 saturated heterocycles. The van der Waals surface area contributed by atoms with Gasteiger partial charge in [0, 0.05) is 6.54 Å². The van der Waals surface area contributed by atoms with E-state index in [1.807, 2.05) is 38.1 Å². The normalized spacial score (nSPS) is 17.2. The van der Waals surface area contributed by atoms with Crippen LogP contribution >= 0.6 is 0 Å². The molecule has 4 heteroatoms.